The summed E-state index contributed by atoms with van der Waals surface area (Å²) in [4.78, 5) is 16.6. The third-order valence-corrected chi connectivity index (χ3v) is 3.16. The lowest BCUT2D eigenvalue weighted by Crippen LogP contribution is -2.09. The van der Waals surface area contributed by atoms with E-state index in [2.05, 4.69) is 16.5 Å². The fourth-order valence-corrected chi connectivity index (χ4v) is 2.28. The smallest absolute Gasteiger partial charge is 0.205 e. The monoisotopic (exact) mass is 254 g/mol. The molecule has 0 N–H and O–H groups in total. The Morgan fingerprint density at radius 3 is 2.84 bits per heavy atom. The lowest BCUT2D eigenvalue weighted by atomic mass is 10.2. The summed E-state index contributed by atoms with van der Waals surface area (Å²) in [5.74, 6) is 1.12. The van der Waals surface area contributed by atoms with Gasteiger partial charge in [0.25, 0.3) is 0 Å². The van der Waals surface area contributed by atoms with E-state index in [1.54, 1.807) is 12.1 Å². The Bertz CT molecular complexity index is 711. The second-order valence-electron chi connectivity index (χ2n) is 4.34. The number of para-hydroxylation sites is 2. The molecular formula is C15H14N2O2. The van der Waals surface area contributed by atoms with Crippen molar-refractivity contribution in [2.24, 2.45) is 0 Å². The Morgan fingerprint density at radius 1 is 1.26 bits per heavy atom. The molecule has 4 nitrogen and oxygen atoms in total. The van der Waals surface area contributed by atoms with Crippen molar-refractivity contribution in [3.05, 3.63) is 54.2 Å². The van der Waals surface area contributed by atoms with Crippen molar-refractivity contribution >= 4 is 16.8 Å². The molecule has 0 atom stereocenters. The molecule has 0 spiro atoms. The first-order chi connectivity index (χ1) is 9.29. The van der Waals surface area contributed by atoms with Crippen LogP contribution in [0.4, 0.5) is 0 Å². The van der Waals surface area contributed by atoms with E-state index >= 15 is 0 Å². The Morgan fingerprint density at radius 2 is 2.11 bits per heavy atom. The zero-order valence-electron chi connectivity index (χ0n) is 10.7. The van der Waals surface area contributed by atoms with E-state index in [9.17, 15) is 4.79 Å². The summed E-state index contributed by atoms with van der Waals surface area (Å²) in [6.07, 6.45) is 1.77. The standard InChI is InChI=1S/C15H14N2O2/c1-2-17-12-7-4-3-6-11(12)16-15(17)10-13(18)14-8-5-9-19-14/h3-9H,2,10H2,1H3. The molecule has 0 fully saturated rings. The molecule has 0 unspecified atom stereocenters. The molecule has 96 valence electrons. The van der Waals surface area contributed by atoms with E-state index in [1.807, 2.05) is 24.3 Å². The van der Waals surface area contributed by atoms with Crippen molar-refractivity contribution < 1.29 is 9.21 Å². The van der Waals surface area contributed by atoms with Crippen LogP contribution in [0.15, 0.2) is 47.1 Å². The summed E-state index contributed by atoms with van der Waals surface area (Å²) in [6, 6.07) is 11.3. The van der Waals surface area contributed by atoms with Gasteiger partial charge in [0.05, 0.1) is 23.7 Å². The van der Waals surface area contributed by atoms with Gasteiger partial charge in [0, 0.05) is 6.54 Å². The topological polar surface area (TPSA) is 48.0 Å². The van der Waals surface area contributed by atoms with Gasteiger partial charge in [0.1, 0.15) is 5.82 Å². The highest BCUT2D eigenvalue weighted by molar-refractivity contribution is 5.95. The average molecular weight is 254 g/mol. The van der Waals surface area contributed by atoms with Crippen LogP contribution in [0.1, 0.15) is 23.3 Å². The van der Waals surface area contributed by atoms with Crippen LogP contribution in [0.3, 0.4) is 0 Å². The summed E-state index contributed by atoms with van der Waals surface area (Å²) in [5, 5.41) is 0. The van der Waals surface area contributed by atoms with Gasteiger partial charge in [0.2, 0.25) is 5.78 Å². The van der Waals surface area contributed by atoms with Gasteiger partial charge in [-0.1, -0.05) is 12.1 Å². The Hall–Kier alpha value is -2.36. The number of rotatable bonds is 4. The predicted molar refractivity (Wildman–Crippen MR) is 72.1 cm³/mol. The van der Waals surface area contributed by atoms with Crippen LogP contribution >= 0.6 is 0 Å². The fraction of sp³-hybridized carbons (Fsp3) is 0.200. The molecule has 2 aromatic heterocycles. The number of benzene rings is 1. The number of carbonyl (C=O) groups excluding carboxylic acids is 1. The van der Waals surface area contributed by atoms with Gasteiger partial charge in [-0.05, 0) is 31.2 Å². The quantitative estimate of drug-likeness (QED) is 0.672. The number of nitrogens with zero attached hydrogens (tertiary/aromatic N) is 2. The Labute approximate surface area is 110 Å². The third-order valence-electron chi connectivity index (χ3n) is 3.16. The van der Waals surface area contributed by atoms with Crippen LogP contribution in [0, 0.1) is 0 Å². The van der Waals surface area contributed by atoms with E-state index in [4.69, 9.17) is 4.42 Å². The van der Waals surface area contributed by atoms with Crippen molar-refractivity contribution in [3.63, 3.8) is 0 Å². The minimum Gasteiger partial charge on any atom is -0.461 e. The molecule has 4 heteroatoms. The number of hydrogen-bond donors (Lipinski definition) is 0. The number of imidazole rings is 1. The van der Waals surface area contributed by atoms with Gasteiger partial charge in [-0.3, -0.25) is 4.79 Å². The molecule has 2 heterocycles. The predicted octanol–water partition coefficient (Wildman–Crippen LogP) is 3.07. The summed E-state index contributed by atoms with van der Waals surface area (Å²) in [5.41, 5.74) is 1.99. The highest BCUT2D eigenvalue weighted by atomic mass is 16.3. The van der Waals surface area contributed by atoms with Crippen molar-refractivity contribution in [2.75, 3.05) is 0 Å². The molecule has 3 aromatic rings. The second kappa shape index (κ2) is 4.72. The van der Waals surface area contributed by atoms with Crippen LogP contribution in [-0.2, 0) is 13.0 Å². The SMILES string of the molecule is CCn1c(CC(=O)c2ccco2)nc2ccccc21. The molecule has 0 amide bonds. The van der Waals surface area contributed by atoms with Crippen molar-refractivity contribution in [1.29, 1.82) is 0 Å². The highest BCUT2D eigenvalue weighted by Gasteiger charge is 2.15. The maximum absolute atomic E-state index is 12.1. The lowest BCUT2D eigenvalue weighted by molar-refractivity contribution is 0.0963. The van der Waals surface area contributed by atoms with Crippen molar-refractivity contribution in [1.82, 2.24) is 9.55 Å². The number of carbonyl (C=O) groups is 1. The lowest BCUT2D eigenvalue weighted by Gasteiger charge is -2.04. The van der Waals surface area contributed by atoms with Gasteiger partial charge in [-0.2, -0.15) is 0 Å². The van der Waals surface area contributed by atoms with Crippen LogP contribution in [0.25, 0.3) is 11.0 Å². The zero-order valence-corrected chi connectivity index (χ0v) is 10.7. The Balaban J connectivity index is 1.99. The number of Topliss-reactive ketones (excluding diaryl/α,β-unsaturated/α-hetero) is 1. The van der Waals surface area contributed by atoms with E-state index in [1.165, 1.54) is 6.26 Å². The minimum atomic E-state index is -0.0463. The van der Waals surface area contributed by atoms with Gasteiger partial charge in [-0.15, -0.1) is 0 Å². The van der Waals surface area contributed by atoms with E-state index in [-0.39, 0.29) is 12.2 Å². The van der Waals surface area contributed by atoms with E-state index in [0.29, 0.717) is 5.76 Å². The number of furan rings is 1. The molecule has 19 heavy (non-hydrogen) atoms. The summed E-state index contributed by atoms with van der Waals surface area (Å²) in [6.45, 7) is 2.84. The summed E-state index contributed by atoms with van der Waals surface area (Å²) >= 11 is 0. The average Bonchev–Trinajstić information content (AvgIpc) is 3.05. The van der Waals surface area contributed by atoms with Gasteiger partial charge < -0.3 is 8.98 Å². The fourth-order valence-electron chi connectivity index (χ4n) is 2.28. The highest BCUT2D eigenvalue weighted by Crippen LogP contribution is 2.17. The van der Waals surface area contributed by atoms with Gasteiger partial charge in [0.15, 0.2) is 5.76 Å². The first kappa shape index (κ1) is 11.7. The second-order valence-corrected chi connectivity index (χ2v) is 4.34. The molecule has 0 aliphatic carbocycles. The van der Waals surface area contributed by atoms with Crippen LogP contribution in [0.5, 0.6) is 0 Å². The number of aromatic nitrogens is 2. The minimum absolute atomic E-state index is 0.0463. The van der Waals surface area contributed by atoms with Crippen molar-refractivity contribution in [3.8, 4) is 0 Å². The first-order valence-corrected chi connectivity index (χ1v) is 6.30. The largest absolute Gasteiger partial charge is 0.461 e. The molecule has 0 saturated carbocycles. The molecule has 0 saturated heterocycles. The summed E-state index contributed by atoms with van der Waals surface area (Å²) < 4.78 is 7.19. The third kappa shape index (κ3) is 2.05. The normalized spacial score (nSPS) is 11.0. The van der Waals surface area contributed by atoms with Gasteiger partial charge in [-0.25, -0.2) is 4.98 Å². The zero-order chi connectivity index (χ0) is 13.2. The molecule has 1 aromatic carbocycles. The molecule has 0 aliphatic heterocycles. The van der Waals surface area contributed by atoms with Crippen LogP contribution < -0.4 is 0 Å². The maximum Gasteiger partial charge on any atom is 0.205 e. The number of fused-ring (bicyclic) bond motifs is 1. The molecule has 3 rings (SSSR count). The molecule has 0 bridgehead atoms. The maximum atomic E-state index is 12.1. The van der Waals surface area contributed by atoms with Gasteiger partial charge >= 0.3 is 0 Å². The molecule has 0 aliphatic rings. The molecule has 0 radical (unpaired) electrons. The number of hydrogen-bond acceptors (Lipinski definition) is 3. The van der Waals surface area contributed by atoms with E-state index < -0.39 is 0 Å². The van der Waals surface area contributed by atoms with Crippen molar-refractivity contribution in [2.45, 2.75) is 19.9 Å². The van der Waals surface area contributed by atoms with Crippen LogP contribution in [-0.4, -0.2) is 15.3 Å². The number of ketones is 1. The first-order valence-electron chi connectivity index (χ1n) is 6.30. The van der Waals surface area contributed by atoms with E-state index in [0.717, 1.165) is 23.4 Å². The van der Waals surface area contributed by atoms with Crippen LogP contribution in [0.2, 0.25) is 0 Å². The number of aryl methyl sites for hydroxylation is 1. The summed E-state index contributed by atoms with van der Waals surface area (Å²) in [7, 11) is 0. The Kier molecular flexibility index (Phi) is 2.91. The molecular weight excluding hydrogens is 240 g/mol.